The zero-order valence-corrected chi connectivity index (χ0v) is 11.0. The van der Waals surface area contributed by atoms with Crippen LogP contribution < -0.4 is 4.72 Å². The Morgan fingerprint density at radius 1 is 1.11 bits per heavy atom. The molecule has 0 saturated heterocycles. The Labute approximate surface area is 107 Å². The van der Waals surface area contributed by atoms with Crippen LogP contribution in [-0.4, -0.2) is 13.4 Å². The van der Waals surface area contributed by atoms with Crippen molar-refractivity contribution in [3.05, 3.63) is 53.9 Å². The van der Waals surface area contributed by atoms with E-state index in [2.05, 4.69) is 9.71 Å². The number of hydrogen-bond acceptors (Lipinski definition) is 2. The first-order valence-electron chi connectivity index (χ1n) is 5.82. The number of aromatic amines is 1. The maximum absolute atomic E-state index is 12.0. The Bertz CT molecular complexity index is 586. The minimum atomic E-state index is -3.43. The van der Waals surface area contributed by atoms with E-state index in [4.69, 9.17) is 0 Å². The van der Waals surface area contributed by atoms with Crippen molar-refractivity contribution in [3.63, 3.8) is 0 Å². The van der Waals surface area contributed by atoms with Crippen LogP contribution in [0.1, 0.15) is 18.1 Å². The molecule has 0 aliphatic rings. The molecule has 2 N–H and O–H groups in total. The van der Waals surface area contributed by atoms with Crippen molar-refractivity contribution < 1.29 is 8.42 Å². The van der Waals surface area contributed by atoms with E-state index in [1.807, 2.05) is 25.1 Å². The molecule has 0 radical (unpaired) electrons. The summed E-state index contributed by atoms with van der Waals surface area (Å²) in [6.07, 6.45) is 4.43. The molecule has 2 rings (SSSR count). The molecule has 0 atom stereocenters. The summed E-state index contributed by atoms with van der Waals surface area (Å²) in [6.45, 7) is 2.33. The number of nitrogens with one attached hydrogen (secondary N) is 2. The standard InChI is InChI=1S/C13H16N2O2S/c1-2-11-3-5-13(6-4-11)18(16,17)15-10-12-7-8-14-9-12/h3-9,14-15H,2,10H2,1H3. The van der Waals surface area contributed by atoms with Crippen LogP contribution in [0.5, 0.6) is 0 Å². The molecule has 1 aromatic carbocycles. The molecule has 0 amide bonds. The molecule has 0 saturated carbocycles. The van der Waals surface area contributed by atoms with E-state index in [0.29, 0.717) is 11.4 Å². The third-order valence-corrected chi connectivity index (χ3v) is 4.19. The average Bonchev–Trinajstić information content (AvgIpc) is 2.90. The van der Waals surface area contributed by atoms with Crippen molar-refractivity contribution in [3.8, 4) is 0 Å². The highest BCUT2D eigenvalue weighted by Crippen LogP contribution is 2.11. The highest BCUT2D eigenvalue weighted by Gasteiger charge is 2.13. The summed E-state index contributed by atoms with van der Waals surface area (Å²) in [4.78, 5) is 3.19. The fraction of sp³-hybridized carbons (Fsp3) is 0.231. The minimum Gasteiger partial charge on any atom is -0.367 e. The molecule has 0 bridgehead atoms. The van der Waals surface area contributed by atoms with Gasteiger partial charge in [0.05, 0.1) is 4.90 Å². The summed E-state index contributed by atoms with van der Waals surface area (Å²) < 4.78 is 26.6. The van der Waals surface area contributed by atoms with E-state index in [1.54, 1.807) is 24.5 Å². The first-order valence-corrected chi connectivity index (χ1v) is 7.30. The van der Waals surface area contributed by atoms with Gasteiger partial charge in [0.2, 0.25) is 10.0 Å². The lowest BCUT2D eigenvalue weighted by atomic mass is 10.2. The van der Waals surface area contributed by atoms with Crippen molar-refractivity contribution in [1.82, 2.24) is 9.71 Å². The van der Waals surface area contributed by atoms with E-state index in [-0.39, 0.29) is 0 Å². The van der Waals surface area contributed by atoms with Crippen LogP contribution in [0.25, 0.3) is 0 Å². The highest BCUT2D eigenvalue weighted by molar-refractivity contribution is 7.89. The van der Waals surface area contributed by atoms with E-state index in [9.17, 15) is 8.42 Å². The van der Waals surface area contributed by atoms with Gasteiger partial charge in [-0.05, 0) is 35.7 Å². The van der Waals surface area contributed by atoms with Crippen LogP contribution in [0.2, 0.25) is 0 Å². The maximum atomic E-state index is 12.0. The SMILES string of the molecule is CCc1ccc(S(=O)(=O)NCc2cc[nH]c2)cc1. The van der Waals surface area contributed by atoms with Crippen molar-refractivity contribution in [1.29, 1.82) is 0 Å². The molecule has 0 unspecified atom stereocenters. The zero-order valence-electron chi connectivity index (χ0n) is 10.2. The van der Waals surface area contributed by atoms with E-state index < -0.39 is 10.0 Å². The smallest absolute Gasteiger partial charge is 0.240 e. The lowest BCUT2D eigenvalue weighted by Crippen LogP contribution is -2.22. The van der Waals surface area contributed by atoms with E-state index in [0.717, 1.165) is 17.5 Å². The minimum absolute atomic E-state index is 0.293. The summed E-state index contributed by atoms with van der Waals surface area (Å²) in [6, 6.07) is 8.79. The third kappa shape index (κ3) is 3.00. The largest absolute Gasteiger partial charge is 0.367 e. The number of hydrogen-bond donors (Lipinski definition) is 2. The van der Waals surface area contributed by atoms with Crippen LogP contribution in [0, 0.1) is 0 Å². The lowest BCUT2D eigenvalue weighted by Gasteiger charge is -2.06. The second kappa shape index (κ2) is 5.37. The number of H-pyrrole nitrogens is 1. The fourth-order valence-electron chi connectivity index (χ4n) is 1.63. The molecule has 0 aliphatic heterocycles. The Balaban J connectivity index is 2.09. The third-order valence-electron chi connectivity index (χ3n) is 2.77. The van der Waals surface area contributed by atoms with Gasteiger partial charge in [0.15, 0.2) is 0 Å². The topological polar surface area (TPSA) is 62.0 Å². The Morgan fingerprint density at radius 2 is 1.83 bits per heavy atom. The zero-order chi connectivity index (χ0) is 13.0. The average molecular weight is 264 g/mol. The van der Waals surface area contributed by atoms with Gasteiger partial charge in [-0.25, -0.2) is 13.1 Å². The highest BCUT2D eigenvalue weighted by atomic mass is 32.2. The molecular weight excluding hydrogens is 248 g/mol. The molecule has 0 aliphatic carbocycles. The number of benzene rings is 1. The quantitative estimate of drug-likeness (QED) is 0.868. The number of sulfonamides is 1. The molecule has 18 heavy (non-hydrogen) atoms. The van der Waals surface area contributed by atoms with Crippen LogP contribution in [-0.2, 0) is 23.0 Å². The van der Waals surface area contributed by atoms with Gasteiger partial charge in [0.1, 0.15) is 0 Å². The predicted molar refractivity (Wildman–Crippen MR) is 70.6 cm³/mol. The van der Waals surface area contributed by atoms with Crippen LogP contribution >= 0.6 is 0 Å². The summed E-state index contributed by atoms with van der Waals surface area (Å²) in [5, 5.41) is 0. The Kier molecular flexibility index (Phi) is 3.84. The van der Waals surface area contributed by atoms with E-state index >= 15 is 0 Å². The van der Waals surface area contributed by atoms with Gasteiger partial charge in [-0.2, -0.15) is 0 Å². The molecule has 5 heteroatoms. The summed E-state index contributed by atoms with van der Waals surface area (Å²) in [5.74, 6) is 0. The molecule has 0 fully saturated rings. The monoisotopic (exact) mass is 264 g/mol. The molecule has 0 spiro atoms. The van der Waals surface area contributed by atoms with Crippen molar-refractivity contribution in [2.45, 2.75) is 24.8 Å². The van der Waals surface area contributed by atoms with Gasteiger partial charge in [-0.15, -0.1) is 0 Å². The predicted octanol–water partition coefficient (Wildman–Crippen LogP) is 2.06. The van der Waals surface area contributed by atoms with Gasteiger partial charge < -0.3 is 4.98 Å². The van der Waals surface area contributed by atoms with Crippen LogP contribution in [0.15, 0.2) is 47.6 Å². The van der Waals surface area contributed by atoms with Gasteiger partial charge in [-0.3, -0.25) is 0 Å². The summed E-state index contributed by atoms with van der Waals surface area (Å²) in [5.41, 5.74) is 2.03. The van der Waals surface area contributed by atoms with Gasteiger partial charge >= 0.3 is 0 Å². The second-order valence-electron chi connectivity index (χ2n) is 4.04. The first-order chi connectivity index (χ1) is 8.62. The molecule has 1 aromatic heterocycles. The number of rotatable bonds is 5. The molecule has 2 aromatic rings. The fourth-order valence-corrected chi connectivity index (χ4v) is 2.65. The lowest BCUT2D eigenvalue weighted by molar-refractivity contribution is 0.581. The van der Waals surface area contributed by atoms with Gasteiger partial charge in [0, 0.05) is 18.9 Å². The van der Waals surface area contributed by atoms with Crippen molar-refractivity contribution in [2.75, 3.05) is 0 Å². The maximum Gasteiger partial charge on any atom is 0.240 e. The van der Waals surface area contributed by atoms with Crippen molar-refractivity contribution in [2.24, 2.45) is 0 Å². The molecule has 1 heterocycles. The normalized spacial score (nSPS) is 11.6. The molecule has 4 nitrogen and oxygen atoms in total. The summed E-state index contributed by atoms with van der Waals surface area (Å²) in [7, 11) is -3.43. The van der Waals surface area contributed by atoms with Gasteiger partial charge in [0.25, 0.3) is 0 Å². The number of aryl methyl sites for hydroxylation is 1. The Hall–Kier alpha value is -1.59. The van der Waals surface area contributed by atoms with Gasteiger partial charge in [-0.1, -0.05) is 19.1 Å². The molecule has 96 valence electrons. The van der Waals surface area contributed by atoms with Crippen molar-refractivity contribution >= 4 is 10.0 Å². The molecular formula is C13H16N2O2S. The summed E-state index contributed by atoms with van der Waals surface area (Å²) >= 11 is 0. The number of aromatic nitrogens is 1. The first kappa shape index (κ1) is 12.9. The second-order valence-corrected chi connectivity index (χ2v) is 5.81. The van der Waals surface area contributed by atoms with E-state index in [1.165, 1.54) is 0 Å². The Morgan fingerprint density at radius 3 is 2.39 bits per heavy atom. The van der Waals surface area contributed by atoms with Crippen LogP contribution in [0.4, 0.5) is 0 Å². The van der Waals surface area contributed by atoms with Crippen LogP contribution in [0.3, 0.4) is 0 Å².